The number of nitrogens with zero attached hydrogens (tertiary/aromatic N) is 1. The molecule has 0 unspecified atom stereocenters. The molecule has 0 saturated heterocycles. The molecule has 5 heteroatoms. The zero-order valence-corrected chi connectivity index (χ0v) is 9.93. The van der Waals surface area contributed by atoms with Crippen LogP contribution < -0.4 is 4.74 Å². The van der Waals surface area contributed by atoms with Crippen LogP contribution in [-0.4, -0.2) is 23.3 Å². The van der Waals surface area contributed by atoms with Crippen molar-refractivity contribution in [1.29, 1.82) is 5.26 Å². The van der Waals surface area contributed by atoms with E-state index in [1.807, 2.05) is 6.07 Å². The summed E-state index contributed by atoms with van der Waals surface area (Å²) in [6.07, 6.45) is 1.39. The second kappa shape index (κ2) is 4.22. The van der Waals surface area contributed by atoms with Gasteiger partial charge in [0, 0.05) is 17.0 Å². The van der Waals surface area contributed by atoms with Gasteiger partial charge in [0.05, 0.1) is 19.1 Å². The molecule has 0 aliphatic heterocycles. The van der Waals surface area contributed by atoms with E-state index in [4.69, 9.17) is 15.1 Å². The van der Waals surface area contributed by atoms with Gasteiger partial charge in [-0.05, 0) is 18.9 Å². The smallest absolute Gasteiger partial charge is 0.304 e. The number of hydrogen-bond acceptors (Lipinski definition) is 4. The minimum atomic E-state index is -0.902. The number of carbonyl (C=O) groups is 1. The Morgan fingerprint density at radius 2 is 2.22 bits per heavy atom. The average Bonchev–Trinajstić information content (AvgIpc) is 3.08. The van der Waals surface area contributed by atoms with Gasteiger partial charge in [0.2, 0.25) is 0 Å². The highest BCUT2D eigenvalue weighted by Gasteiger charge is 2.47. The molecule has 0 heterocycles. The summed E-state index contributed by atoms with van der Waals surface area (Å²) >= 11 is 0. The Bertz CT molecular complexity index is 541. The summed E-state index contributed by atoms with van der Waals surface area (Å²) in [7, 11) is 1.42. The molecule has 1 aliphatic carbocycles. The molecule has 2 rings (SSSR count). The number of carboxylic acid groups (broad SMARTS) is 1. The van der Waals surface area contributed by atoms with Crippen molar-refractivity contribution in [2.45, 2.75) is 24.7 Å². The second-order valence-corrected chi connectivity index (χ2v) is 4.53. The molecule has 0 spiro atoms. The standard InChI is InChI=1S/C13H13NO4/c1-18-11-5-10(15)9(4-8(11)7-14)13(2-3-13)6-12(16)17/h4-5,15H,2-3,6H2,1H3,(H,16,17). The van der Waals surface area contributed by atoms with Crippen molar-refractivity contribution in [3.63, 3.8) is 0 Å². The van der Waals surface area contributed by atoms with Crippen molar-refractivity contribution in [1.82, 2.24) is 0 Å². The van der Waals surface area contributed by atoms with E-state index in [9.17, 15) is 9.90 Å². The van der Waals surface area contributed by atoms with E-state index >= 15 is 0 Å². The van der Waals surface area contributed by atoms with Crippen LogP contribution in [0.15, 0.2) is 12.1 Å². The summed E-state index contributed by atoms with van der Waals surface area (Å²) in [6, 6.07) is 4.89. The van der Waals surface area contributed by atoms with Crippen LogP contribution in [0.1, 0.15) is 30.4 Å². The van der Waals surface area contributed by atoms with E-state index in [1.54, 1.807) is 0 Å². The van der Waals surface area contributed by atoms with Gasteiger partial charge in [-0.3, -0.25) is 4.79 Å². The molecule has 5 nitrogen and oxygen atoms in total. The number of ether oxygens (including phenoxy) is 1. The molecular formula is C13H13NO4. The number of rotatable bonds is 4. The van der Waals surface area contributed by atoms with Crippen LogP contribution in [0.3, 0.4) is 0 Å². The number of carboxylic acids is 1. The van der Waals surface area contributed by atoms with Crippen molar-refractivity contribution in [3.8, 4) is 17.6 Å². The van der Waals surface area contributed by atoms with Gasteiger partial charge in [0.1, 0.15) is 17.6 Å². The normalized spacial score (nSPS) is 15.8. The van der Waals surface area contributed by atoms with Crippen LogP contribution in [0, 0.1) is 11.3 Å². The zero-order valence-electron chi connectivity index (χ0n) is 9.93. The molecule has 1 saturated carbocycles. The van der Waals surface area contributed by atoms with Crippen molar-refractivity contribution >= 4 is 5.97 Å². The Balaban J connectivity index is 2.46. The first-order chi connectivity index (χ1) is 8.52. The van der Waals surface area contributed by atoms with Gasteiger partial charge in [-0.1, -0.05) is 0 Å². The van der Waals surface area contributed by atoms with Gasteiger partial charge in [-0.15, -0.1) is 0 Å². The zero-order chi connectivity index (χ0) is 13.3. The van der Waals surface area contributed by atoms with E-state index < -0.39 is 11.4 Å². The third-order valence-corrected chi connectivity index (χ3v) is 3.35. The summed E-state index contributed by atoms with van der Waals surface area (Å²) in [4.78, 5) is 10.8. The average molecular weight is 247 g/mol. The van der Waals surface area contributed by atoms with E-state index in [1.165, 1.54) is 19.2 Å². The fraction of sp³-hybridized carbons (Fsp3) is 0.385. The highest BCUT2D eigenvalue weighted by Crippen LogP contribution is 2.54. The number of methoxy groups -OCH3 is 1. The van der Waals surface area contributed by atoms with Gasteiger partial charge < -0.3 is 14.9 Å². The Kier molecular flexibility index (Phi) is 2.87. The lowest BCUT2D eigenvalue weighted by Crippen LogP contribution is -2.13. The molecular weight excluding hydrogens is 234 g/mol. The Hall–Kier alpha value is -2.22. The Labute approximate surface area is 104 Å². The second-order valence-electron chi connectivity index (χ2n) is 4.53. The first kappa shape index (κ1) is 12.2. The minimum absolute atomic E-state index is 0.00963. The van der Waals surface area contributed by atoms with Crippen molar-refractivity contribution < 1.29 is 19.7 Å². The van der Waals surface area contributed by atoms with Crippen molar-refractivity contribution in [2.75, 3.05) is 7.11 Å². The van der Waals surface area contributed by atoms with E-state index in [-0.39, 0.29) is 12.2 Å². The van der Waals surface area contributed by atoms with Crippen LogP contribution in [-0.2, 0) is 10.2 Å². The maximum absolute atomic E-state index is 10.8. The molecule has 1 aliphatic rings. The van der Waals surface area contributed by atoms with Gasteiger partial charge in [0.15, 0.2) is 0 Å². The predicted octanol–water partition coefficient (Wildman–Crippen LogP) is 1.78. The van der Waals surface area contributed by atoms with Crippen LogP contribution in [0.4, 0.5) is 0 Å². The van der Waals surface area contributed by atoms with Crippen molar-refractivity contribution in [3.05, 3.63) is 23.3 Å². The highest BCUT2D eigenvalue weighted by atomic mass is 16.5. The highest BCUT2D eigenvalue weighted by molar-refractivity contribution is 5.71. The fourth-order valence-electron chi connectivity index (χ4n) is 2.23. The lowest BCUT2D eigenvalue weighted by atomic mass is 9.90. The number of hydrogen-bond donors (Lipinski definition) is 2. The molecule has 0 radical (unpaired) electrons. The SMILES string of the molecule is COc1cc(O)c(C2(CC(=O)O)CC2)cc1C#N. The van der Waals surface area contributed by atoms with Crippen LogP contribution in [0.2, 0.25) is 0 Å². The quantitative estimate of drug-likeness (QED) is 0.846. The Morgan fingerprint density at radius 1 is 1.56 bits per heavy atom. The maximum Gasteiger partial charge on any atom is 0.304 e. The van der Waals surface area contributed by atoms with Gasteiger partial charge >= 0.3 is 5.97 Å². The molecule has 1 aromatic carbocycles. The lowest BCUT2D eigenvalue weighted by molar-refractivity contribution is -0.137. The summed E-state index contributed by atoms with van der Waals surface area (Å²) in [5.74, 6) is -0.615. The molecule has 94 valence electrons. The summed E-state index contributed by atoms with van der Waals surface area (Å²) < 4.78 is 4.99. The van der Waals surface area contributed by atoms with Gasteiger partial charge in [0.25, 0.3) is 0 Å². The predicted molar refractivity (Wildman–Crippen MR) is 62.5 cm³/mol. The number of phenolic OH excluding ortho intramolecular Hbond substituents is 1. The summed E-state index contributed by atoms with van der Waals surface area (Å²) in [5.41, 5.74) is 0.317. The molecule has 0 atom stereocenters. The van der Waals surface area contributed by atoms with E-state index in [0.29, 0.717) is 29.7 Å². The van der Waals surface area contributed by atoms with Crippen LogP contribution in [0.5, 0.6) is 11.5 Å². The van der Waals surface area contributed by atoms with E-state index in [0.717, 1.165) is 0 Å². The summed E-state index contributed by atoms with van der Waals surface area (Å²) in [6.45, 7) is 0. The largest absolute Gasteiger partial charge is 0.508 e. The van der Waals surface area contributed by atoms with E-state index in [2.05, 4.69) is 0 Å². The van der Waals surface area contributed by atoms with Gasteiger partial charge in [-0.25, -0.2) is 0 Å². The molecule has 0 aromatic heterocycles. The topological polar surface area (TPSA) is 90.6 Å². The number of aromatic hydroxyl groups is 1. The molecule has 0 bridgehead atoms. The Morgan fingerprint density at radius 3 is 2.67 bits per heavy atom. The number of benzene rings is 1. The number of nitriles is 1. The molecule has 1 fully saturated rings. The van der Waals surface area contributed by atoms with Gasteiger partial charge in [-0.2, -0.15) is 5.26 Å². The monoisotopic (exact) mass is 247 g/mol. The lowest BCUT2D eigenvalue weighted by Gasteiger charge is -2.16. The van der Waals surface area contributed by atoms with Crippen molar-refractivity contribution in [2.24, 2.45) is 0 Å². The third kappa shape index (κ3) is 1.97. The molecule has 18 heavy (non-hydrogen) atoms. The number of aliphatic carboxylic acids is 1. The third-order valence-electron chi connectivity index (χ3n) is 3.35. The molecule has 0 amide bonds. The van der Waals surface area contributed by atoms with Crippen LogP contribution in [0.25, 0.3) is 0 Å². The first-order valence-corrected chi connectivity index (χ1v) is 5.56. The number of phenols is 1. The molecule has 2 N–H and O–H groups in total. The maximum atomic E-state index is 10.8. The summed E-state index contributed by atoms with van der Waals surface area (Å²) in [5, 5.41) is 27.9. The van der Waals surface area contributed by atoms with Crippen LogP contribution >= 0.6 is 0 Å². The fourth-order valence-corrected chi connectivity index (χ4v) is 2.23. The molecule has 1 aromatic rings. The minimum Gasteiger partial charge on any atom is -0.508 e. The first-order valence-electron chi connectivity index (χ1n) is 5.56.